The molecule has 19 heavy (non-hydrogen) atoms. The van der Waals surface area contributed by atoms with Gasteiger partial charge in [0.15, 0.2) is 0 Å². The molecule has 106 valence electrons. The van der Waals surface area contributed by atoms with Crippen molar-refractivity contribution in [2.45, 2.75) is 45.4 Å². The fraction of sp³-hybridized carbons (Fsp3) is 0.647. The first-order valence-electron chi connectivity index (χ1n) is 7.74. The van der Waals surface area contributed by atoms with E-state index in [1.165, 1.54) is 50.6 Å². The SMILES string of the molecule is CCNCC1CCCCCC1Cc1ccc(Cl)cc1. The Bertz CT molecular complexity index is 360. The Morgan fingerprint density at radius 2 is 1.74 bits per heavy atom. The van der Waals surface area contributed by atoms with Crippen molar-refractivity contribution in [2.75, 3.05) is 13.1 Å². The smallest absolute Gasteiger partial charge is 0.0406 e. The van der Waals surface area contributed by atoms with E-state index in [9.17, 15) is 0 Å². The molecule has 2 unspecified atom stereocenters. The van der Waals surface area contributed by atoms with Gasteiger partial charge in [-0.2, -0.15) is 0 Å². The van der Waals surface area contributed by atoms with Gasteiger partial charge in [-0.15, -0.1) is 0 Å². The Morgan fingerprint density at radius 3 is 2.42 bits per heavy atom. The molecule has 1 aliphatic carbocycles. The molecule has 0 aromatic heterocycles. The van der Waals surface area contributed by atoms with Crippen molar-refractivity contribution in [2.24, 2.45) is 11.8 Å². The Balaban J connectivity index is 1.98. The molecule has 1 aliphatic rings. The van der Waals surface area contributed by atoms with Crippen LogP contribution in [0.2, 0.25) is 5.02 Å². The summed E-state index contributed by atoms with van der Waals surface area (Å²) in [6.07, 6.45) is 8.23. The maximum absolute atomic E-state index is 5.97. The minimum Gasteiger partial charge on any atom is -0.317 e. The summed E-state index contributed by atoms with van der Waals surface area (Å²) < 4.78 is 0. The van der Waals surface area contributed by atoms with E-state index in [1.807, 2.05) is 12.1 Å². The minimum atomic E-state index is 0.836. The summed E-state index contributed by atoms with van der Waals surface area (Å²) in [6.45, 7) is 4.48. The van der Waals surface area contributed by atoms with Crippen LogP contribution in [-0.4, -0.2) is 13.1 Å². The van der Waals surface area contributed by atoms with Gasteiger partial charge in [-0.25, -0.2) is 0 Å². The van der Waals surface area contributed by atoms with Crippen molar-refractivity contribution in [1.82, 2.24) is 5.32 Å². The zero-order valence-corrected chi connectivity index (χ0v) is 12.8. The third kappa shape index (κ3) is 4.81. The monoisotopic (exact) mass is 279 g/mol. The van der Waals surface area contributed by atoms with Gasteiger partial charge in [0, 0.05) is 5.02 Å². The normalized spacial score (nSPS) is 24.1. The Labute approximate surface area is 122 Å². The van der Waals surface area contributed by atoms with Crippen LogP contribution < -0.4 is 5.32 Å². The molecular formula is C17H26ClN. The highest BCUT2D eigenvalue weighted by Crippen LogP contribution is 2.31. The summed E-state index contributed by atoms with van der Waals surface area (Å²) in [5, 5.41) is 4.39. The van der Waals surface area contributed by atoms with Crippen LogP contribution in [0.3, 0.4) is 0 Å². The van der Waals surface area contributed by atoms with Crippen LogP contribution in [0.4, 0.5) is 0 Å². The van der Waals surface area contributed by atoms with E-state index >= 15 is 0 Å². The van der Waals surface area contributed by atoms with Crippen LogP contribution in [-0.2, 0) is 6.42 Å². The quantitative estimate of drug-likeness (QED) is 0.771. The van der Waals surface area contributed by atoms with Crippen molar-refractivity contribution < 1.29 is 0 Å². The second kappa shape index (κ2) is 7.91. The molecule has 1 saturated carbocycles. The number of rotatable bonds is 5. The van der Waals surface area contributed by atoms with Gasteiger partial charge < -0.3 is 5.32 Å². The molecule has 2 heteroatoms. The third-order valence-electron chi connectivity index (χ3n) is 4.38. The zero-order valence-electron chi connectivity index (χ0n) is 12.0. The van der Waals surface area contributed by atoms with E-state index in [4.69, 9.17) is 11.6 Å². The van der Waals surface area contributed by atoms with E-state index in [0.717, 1.165) is 23.4 Å². The molecule has 0 heterocycles. The van der Waals surface area contributed by atoms with E-state index in [1.54, 1.807) is 0 Å². The second-order valence-corrected chi connectivity index (χ2v) is 6.23. The fourth-order valence-corrected chi connectivity index (χ4v) is 3.38. The van der Waals surface area contributed by atoms with E-state index in [0.29, 0.717) is 0 Å². The first-order chi connectivity index (χ1) is 9.29. The van der Waals surface area contributed by atoms with Crippen molar-refractivity contribution in [1.29, 1.82) is 0 Å². The average molecular weight is 280 g/mol. The molecule has 0 saturated heterocycles. The predicted molar refractivity (Wildman–Crippen MR) is 83.8 cm³/mol. The van der Waals surface area contributed by atoms with Gasteiger partial charge in [-0.3, -0.25) is 0 Å². The van der Waals surface area contributed by atoms with Crippen LogP contribution in [0, 0.1) is 11.8 Å². The van der Waals surface area contributed by atoms with Gasteiger partial charge in [0.1, 0.15) is 0 Å². The van der Waals surface area contributed by atoms with Crippen LogP contribution in [0.1, 0.15) is 44.6 Å². The highest BCUT2D eigenvalue weighted by molar-refractivity contribution is 6.30. The molecule has 0 amide bonds. The maximum atomic E-state index is 5.97. The number of hydrogen-bond donors (Lipinski definition) is 1. The van der Waals surface area contributed by atoms with Crippen molar-refractivity contribution in [3.8, 4) is 0 Å². The summed E-state index contributed by atoms with van der Waals surface area (Å²) in [5.74, 6) is 1.68. The molecule has 0 bridgehead atoms. The lowest BCUT2D eigenvalue weighted by Gasteiger charge is -2.25. The van der Waals surface area contributed by atoms with Crippen LogP contribution in [0.25, 0.3) is 0 Å². The fourth-order valence-electron chi connectivity index (χ4n) is 3.25. The maximum Gasteiger partial charge on any atom is 0.0406 e. The van der Waals surface area contributed by atoms with Gasteiger partial charge in [-0.05, 0) is 61.9 Å². The lowest BCUT2D eigenvalue weighted by molar-refractivity contribution is 0.299. The minimum absolute atomic E-state index is 0.836. The molecule has 0 aliphatic heterocycles. The van der Waals surface area contributed by atoms with Crippen molar-refractivity contribution in [3.63, 3.8) is 0 Å². The lowest BCUT2D eigenvalue weighted by atomic mass is 9.83. The van der Waals surface area contributed by atoms with E-state index in [-0.39, 0.29) is 0 Å². The standard InChI is InChI=1S/C17H26ClN/c1-2-19-13-16-7-5-3-4-6-15(16)12-14-8-10-17(18)11-9-14/h8-11,15-16,19H,2-7,12-13H2,1H3. The number of halogens is 1. The topological polar surface area (TPSA) is 12.0 Å². The van der Waals surface area contributed by atoms with Crippen LogP contribution in [0.5, 0.6) is 0 Å². The molecule has 2 atom stereocenters. The van der Waals surface area contributed by atoms with Gasteiger partial charge in [0.05, 0.1) is 0 Å². The lowest BCUT2D eigenvalue weighted by Crippen LogP contribution is -2.28. The Morgan fingerprint density at radius 1 is 1.05 bits per heavy atom. The Hall–Kier alpha value is -0.530. The third-order valence-corrected chi connectivity index (χ3v) is 4.64. The van der Waals surface area contributed by atoms with Crippen molar-refractivity contribution in [3.05, 3.63) is 34.9 Å². The molecule has 1 aromatic rings. The highest BCUT2D eigenvalue weighted by Gasteiger charge is 2.23. The van der Waals surface area contributed by atoms with E-state index < -0.39 is 0 Å². The first kappa shape index (κ1) is 14.9. The summed E-state index contributed by atoms with van der Waals surface area (Å²) in [5.41, 5.74) is 1.44. The molecular weight excluding hydrogens is 254 g/mol. The number of hydrogen-bond acceptors (Lipinski definition) is 1. The van der Waals surface area contributed by atoms with Gasteiger partial charge >= 0.3 is 0 Å². The molecule has 2 rings (SSSR count). The number of benzene rings is 1. The van der Waals surface area contributed by atoms with Gasteiger partial charge in [-0.1, -0.05) is 49.9 Å². The summed E-state index contributed by atoms with van der Waals surface area (Å²) in [6, 6.07) is 8.43. The van der Waals surface area contributed by atoms with Crippen molar-refractivity contribution >= 4 is 11.6 Å². The first-order valence-corrected chi connectivity index (χ1v) is 8.12. The number of nitrogens with one attached hydrogen (secondary N) is 1. The van der Waals surface area contributed by atoms with Gasteiger partial charge in [0.2, 0.25) is 0 Å². The van der Waals surface area contributed by atoms with Crippen LogP contribution in [0.15, 0.2) is 24.3 Å². The molecule has 1 N–H and O–H groups in total. The average Bonchev–Trinajstić information content (AvgIpc) is 2.64. The van der Waals surface area contributed by atoms with Gasteiger partial charge in [0.25, 0.3) is 0 Å². The van der Waals surface area contributed by atoms with Crippen LogP contribution >= 0.6 is 11.6 Å². The van der Waals surface area contributed by atoms with E-state index in [2.05, 4.69) is 24.4 Å². The molecule has 0 radical (unpaired) electrons. The summed E-state index contributed by atoms with van der Waals surface area (Å²) in [7, 11) is 0. The second-order valence-electron chi connectivity index (χ2n) is 5.80. The molecule has 1 aromatic carbocycles. The molecule has 1 nitrogen and oxygen atoms in total. The molecule has 1 fully saturated rings. The zero-order chi connectivity index (χ0) is 13.5. The molecule has 0 spiro atoms. The summed E-state index contributed by atoms with van der Waals surface area (Å²) in [4.78, 5) is 0. The Kier molecular flexibility index (Phi) is 6.19. The largest absolute Gasteiger partial charge is 0.317 e. The highest BCUT2D eigenvalue weighted by atomic mass is 35.5. The summed E-state index contributed by atoms with van der Waals surface area (Å²) >= 11 is 5.97. The predicted octanol–water partition coefficient (Wildman–Crippen LogP) is 4.69.